The highest BCUT2D eigenvalue weighted by Crippen LogP contribution is 2.17. The van der Waals surface area contributed by atoms with Crippen LogP contribution in [0.15, 0.2) is 0 Å². The Balaban J connectivity index is 0. The number of nitrogens with zero attached hydrogens (tertiary/aromatic N) is 1. The molecule has 0 unspecified atom stereocenters. The summed E-state index contributed by atoms with van der Waals surface area (Å²) in [5, 5.41) is 26.6. The lowest BCUT2D eigenvalue weighted by Crippen LogP contribution is -2.30. The summed E-state index contributed by atoms with van der Waals surface area (Å²) < 4.78 is 0. The van der Waals surface area contributed by atoms with Gasteiger partial charge in [-0.25, -0.2) is 0 Å². The average molecular weight is 782 g/mol. The summed E-state index contributed by atoms with van der Waals surface area (Å²) in [4.78, 5) is 12.5. The summed E-state index contributed by atoms with van der Waals surface area (Å²) in [6.07, 6.45) is 57.3. The molecule has 0 amide bonds. The SMILES string of the molecule is CCCCCCCCCCCCCCCCCCCCCC(=O)O.CCCCCCCCCCCCCCCCCCCCCCCCN(CCO)CCO. The number of rotatable bonds is 47. The van der Waals surface area contributed by atoms with Gasteiger partial charge in [0, 0.05) is 19.5 Å². The quantitative estimate of drug-likeness (QED) is 0.0536. The smallest absolute Gasteiger partial charge is 0.303 e. The van der Waals surface area contributed by atoms with Crippen LogP contribution in [0.4, 0.5) is 0 Å². The maximum Gasteiger partial charge on any atom is 0.303 e. The summed E-state index contributed by atoms with van der Waals surface area (Å²) in [6, 6.07) is 0. The van der Waals surface area contributed by atoms with Crippen LogP contribution in [-0.2, 0) is 4.79 Å². The minimum atomic E-state index is -0.651. The number of carbonyl (C=O) groups is 1. The Kier molecular flexibility index (Phi) is 54.8. The normalized spacial score (nSPS) is 11.4. The second-order valence-electron chi connectivity index (χ2n) is 17.2. The molecule has 0 radical (unpaired) electrons. The third-order valence-electron chi connectivity index (χ3n) is 11.7. The standard InChI is InChI=1S/C28H59NO2.C22H44O2/c1-2-3-4-5-6-7-8-9-10-11-12-13-14-15-16-17-18-19-20-21-22-23-24-29(25-27-30)26-28-31;1-2-3-4-5-6-7-8-9-10-11-12-13-14-15-16-17-18-19-20-21-22(23)24/h30-31H,2-28H2,1H3;2-21H2,1H3,(H,23,24). The van der Waals surface area contributed by atoms with E-state index in [4.69, 9.17) is 15.3 Å². The fourth-order valence-corrected chi connectivity index (χ4v) is 7.92. The van der Waals surface area contributed by atoms with E-state index in [2.05, 4.69) is 18.7 Å². The van der Waals surface area contributed by atoms with Gasteiger partial charge in [-0.2, -0.15) is 0 Å². The van der Waals surface area contributed by atoms with E-state index >= 15 is 0 Å². The Hall–Kier alpha value is -0.650. The Morgan fingerprint density at radius 1 is 0.309 bits per heavy atom. The Labute approximate surface area is 346 Å². The molecular weight excluding hydrogens is 679 g/mol. The summed E-state index contributed by atoms with van der Waals surface area (Å²) in [6.45, 7) is 7.37. The van der Waals surface area contributed by atoms with Gasteiger partial charge in [0.15, 0.2) is 0 Å². The molecule has 0 aromatic rings. The molecule has 3 N–H and O–H groups in total. The van der Waals surface area contributed by atoms with Crippen LogP contribution in [-0.4, -0.2) is 59.0 Å². The van der Waals surface area contributed by atoms with Gasteiger partial charge < -0.3 is 15.3 Å². The number of hydrogen-bond donors (Lipinski definition) is 3. The first-order valence-corrected chi connectivity index (χ1v) is 25.3. The molecule has 5 nitrogen and oxygen atoms in total. The third-order valence-corrected chi connectivity index (χ3v) is 11.7. The minimum Gasteiger partial charge on any atom is -0.481 e. The molecular formula is C50H103NO4. The zero-order valence-corrected chi connectivity index (χ0v) is 37.9. The van der Waals surface area contributed by atoms with Crippen molar-refractivity contribution in [1.82, 2.24) is 4.90 Å². The number of unbranched alkanes of at least 4 members (excludes halogenated alkanes) is 39. The molecule has 0 aliphatic heterocycles. The third kappa shape index (κ3) is 55.5. The molecule has 0 aliphatic rings. The highest BCUT2D eigenvalue weighted by atomic mass is 16.4. The Bertz CT molecular complexity index is 668. The van der Waals surface area contributed by atoms with E-state index in [9.17, 15) is 4.79 Å². The van der Waals surface area contributed by atoms with E-state index < -0.39 is 5.97 Å². The van der Waals surface area contributed by atoms with E-state index in [0.717, 1.165) is 19.4 Å². The van der Waals surface area contributed by atoms with Crippen molar-refractivity contribution in [3.8, 4) is 0 Å². The molecule has 55 heavy (non-hydrogen) atoms. The largest absolute Gasteiger partial charge is 0.481 e. The predicted molar refractivity (Wildman–Crippen MR) is 244 cm³/mol. The number of hydrogen-bond acceptors (Lipinski definition) is 4. The lowest BCUT2D eigenvalue weighted by atomic mass is 10.0. The van der Waals surface area contributed by atoms with Crippen LogP contribution in [0.2, 0.25) is 0 Å². The average Bonchev–Trinajstić information content (AvgIpc) is 3.18. The molecule has 0 spiro atoms. The fourth-order valence-electron chi connectivity index (χ4n) is 7.92. The molecule has 0 saturated heterocycles. The molecule has 0 atom stereocenters. The van der Waals surface area contributed by atoms with Crippen molar-refractivity contribution >= 4 is 5.97 Å². The lowest BCUT2D eigenvalue weighted by molar-refractivity contribution is -0.137. The molecule has 332 valence electrons. The summed E-state index contributed by atoms with van der Waals surface area (Å²) in [5.74, 6) is -0.651. The van der Waals surface area contributed by atoms with Gasteiger partial charge in [0.25, 0.3) is 0 Å². The van der Waals surface area contributed by atoms with Gasteiger partial charge in [0.05, 0.1) is 13.2 Å². The van der Waals surface area contributed by atoms with Gasteiger partial charge >= 0.3 is 5.97 Å². The zero-order chi connectivity index (χ0) is 40.4. The zero-order valence-electron chi connectivity index (χ0n) is 37.9. The van der Waals surface area contributed by atoms with Crippen molar-refractivity contribution in [3.05, 3.63) is 0 Å². The van der Waals surface area contributed by atoms with Gasteiger partial charge in [0.2, 0.25) is 0 Å². The molecule has 0 aromatic heterocycles. The van der Waals surface area contributed by atoms with Gasteiger partial charge in [-0.05, 0) is 19.4 Å². The molecule has 0 aliphatic carbocycles. The maximum absolute atomic E-state index is 10.4. The van der Waals surface area contributed by atoms with Crippen molar-refractivity contribution in [3.63, 3.8) is 0 Å². The number of carboxylic acids is 1. The lowest BCUT2D eigenvalue weighted by Gasteiger charge is -2.19. The number of aliphatic hydroxyl groups excluding tert-OH is 2. The Morgan fingerprint density at radius 2 is 0.509 bits per heavy atom. The van der Waals surface area contributed by atoms with E-state index in [1.165, 1.54) is 250 Å². The number of aliphatic carboxylic acids is 1. The molecule has 0 rings (SSSR count). The highest BCUT2D eigenvalue weighted by molar-refractivity contribution is 5.66. The van der Waals surface area contributed by atoms with Crippen molar-refractivity contribution in [2.75, 3.05) is 32.8 Å². The van der Waals surface area contributed by atoms with Crippen LogP contribution >= 0.6 is 0 Å². The molecule has 0 heterocycles. The Morgan fingerprint density at radius 3 is 0.709 bits per heavy atom. The highest BCUT2D eigenvalue weighted by Gasteiger charge is 2.03. The maximum atomic E-state index is 10.4. The molecule has 0 aromatic carbocycles. The van der Waals surface area contributed by atoms with E-state index in [1.54, 1.807) is 0 Å². The van der Waals surface area contributed by atoms with Crippen LogP contribution in [0.1, 0.15) is 284 Å². The molecule has 0 bridgehead atoms. The van der Waals surface area contributed by atoms with E-state index in [0.29, 0.717) is 19.5 Å². The summed E-state index contributed by atoms with van der Waals surface area (Å²) >= 11 is 0. The number of aliphatic hydroxyl groups is 2. The van der Waals surface area contributed by atoms with E-state index in [1.807, 2.05) is 0 Å². The molecule has 0 saturated carbocycles. The van der Waals surface area contributed by atoms with Crippen LogP contribution < -0.4 is 0 Å². The van der Waals surface area contributed by atoms with Crippen LogP contribution in [0.5, 0.6) is 0 Å². The topological polar surface area (TPSA) is 81.0 Å². The molecule has 0 fully saturated rings. The van der Waals surface area contributed by atoms with Gasteiger partial charge in [-0.1, -0.05) is 264 Å². The van der Waals surface area contributed by atoms with Gasteiger partial charge in [-0.3, -0.25) is 9.69 Å². The predicted octanol–water partition coefficient (Wildman–Crippen LogP) is 15.8. The van der Waals surface area contributed by atoms with Crippen LogP contribution in [0.3, 0.4) is 0 Å². The summed E-state index contributed by atoms with van der Waals surface area (Å²) in [7, 11) is 0. The monoisotopic (exact) mass is 782 g/mol. The van der Waals surface area contributed by atoms with Crippen LogP contribution in [0, 0.1) is 0 Å². The van der Waals surface area contributed by atoms with Crippen molar-refractivity contribution in [2.24, 2.45) is 0 Å². The number of carboxylic acid groups (broad SMARTS) is 1. The van der Waals surface area contributed by atoms with Crippen molar-refractivity contribution in [1.29, 1.82) is 0 Å². The first-order valence-electron chi connectivity index (χ1n) is 25.3. The van der Waals surface area contributed by atoms with Crippen molar-refractivity contribution in [2.45, 2.75) is 284 Å². The van der Waals surface area contributed by atoms with Gasteiger partial charge in [0.1, 0.15) is 0 Å². The van der Waals surface area contributed by atoms with Crippen LogP contribution in [0.25, 0.3) is 0 Å². The van der Waals surface area contributed by atoms with Crippen molar-refractivity contribution < 1.29 is 20.1 Å². The summed E-state index contributed by atoms with van der Waals surface area (Å²) in [5.41, 5.74) is 0. The van der Waals surface area contributed by atoms with Gasteiger partial charge in [-0.15, -0.1) is 0 Å². The minimum absolute atomic E-state index is 0.194. The fraction of sp³-hybridized carbons (Fsp3) is 0.980. The molecule has 5 heteroatoms. The second-order valence-corrected chi connectivity index (χ2v) is 17.2. The second kappa shape index (κ2) is 53.4. The first-order chi connectivity index (χ1) is 27.1. The first kappa shape index (κ1) is 56.4. The van der Waals surface area contributed by atoms with E-state index in [-0.39, 0.29) is 13.2 Å².